The van der Waals surface area contributed by atoms with Crippen molar-refractivity contribution in [2.24, 2.45) is 4.99 Å². The van der Waals surface area contributed by atoms with E-state index >= 15 is 0 Å². The Labute approximate surface area is 180 Å². The summed E-state index contributed by atoms with van der Waals surface area (Å²) in [5, 5.41) is 12.4. The second-order valence-corrected chi connectivity index (χ2v) is 7.64. The number of aromatic nitrogens is 3. The number of halogens is 2. The van der Waals surface area contributed by atoms with Crippen molar-refractivity contribution in [3.8, 4) is 0 Å². The molecule has 1 N–H and O–H groups in total. The van der Waals surface area contributed by atoms with Gasteiger partial charge in [0.15, 0.2) is 11.6 Å². The zero-order chi connectivity index (χ0) is 20.9. The molecule has 30 heavy (non-hydrogen) atoms. The molecule has 0 unspecified atom stereocenters. The zero-order valence-electron chi connectivity index (χ0n) is 16.9. The first-order valence-corrected chi connectivity index (χ1v) is 10.4. The lowest BCUT2D eigenvalue weighted by atomic mass is 10.2. The maximum Gasteiger partial charge on any atom is 0.193 e. The van der Waals surface area contributed by atoms with Gasteiger partial charge in [-0.05, 0) is 24.3 Å². The maximum absolute atomic E-state index is 14.1. The van der Waals surface area contributed by atoms with Crippen LogP contribution in [0.15, 0.2) is 47.6 Å². The van der Waals surface area contributed by atoms with E-state index in [1.807, 2.05) is 28.8 Å². The Morgan fingerprint density at radius 2 is 1.97 bits per heavy atom. The van der Waals surface area contributed by atoms with Gasteiger partial charge in [0, 0.05) is 69.5 Å². The standard InChI is InChI=1S/C21H25ClFN7/c1-24-21(25-9-8-20-27-26-19-7-2-3-10-30(19)20)29-13-11-28(12-14-29)15-16-17(22)5-4-6-18(16)23/h2-7,10H,8-9,11-15H2,1H3,(H,24,25). The molecule has 9 heteroatoms. The highest BCUT2D eigenvalue weighted by Crippen LogP contribution is 2.21. The van der Waals surface area contributed by atoms with Crippen LogP contribution in [0, 0.1) is 5.82 Å². The van der Waals surface area contributed by atoms with E-state index in [9.17, 15) is 4.39 Å². The highest BCUT2D eigenvalue weighted by molar-refractivity contribution is 6.31. The van der Waals surface area contributed by atoms with Gasteiger partial charge >= 0.3 is 0 Å². The average molecular weight is 430 g/mol. The fourth-order valence-corrected chi connectivity index (χ4v) is 3.93. The van der Waals surface area contributed by atoms with E-state index in [1.54, 1.807) is 19.2 Å². The van der Waals surface area contributed by atoms with E-state index in [1.165, 1.54) is 6.07 Å². The molecule has 1 aromatic carbocycles. The Bertz CT molecular complexity index is 1010. The number of hydrogen-bond acceptors (Lipinski definition) is 4. The first-order valence-electron chi connectivity index (χ1n) is 10.0. The molecule has 0 atom stereocenters. The van der Waals surface area contributed by atoms with Crippen molar-refractivity contribution >= 4 is 23.2 Å². The van der Waals surface area contributed by atoms with E-state index < -0.39 is 0 Å². The van der Waals surface area contributed by atoms with Crippen LogP contribution >= 0.6 is 11.6 Å². The van der Waals surface area contributed by atoms with Crippen molar-refractivity contribution in [2.75, 3.05) is 39.8 Å². The van der Waals surface area contributed by atoms with Gasteiger partial charge in [0.25, 0.3) is 0 Å². The van der Waals surface area contributed by atoms with Crippen LogP contribution in [0.2, 0.25) is 5.02 Å². The maximum atomic E-state index is 14.1. The van der Waals surface area contributed by atoms with Crippen LogP contribution in [0.3, 0.4) is 0 Å². The van der Waals surface area contributed by atoms with Crippen LogP contribution in [-0.4, -0.2) is 70.1 Å². The normalized spacial score (nSPS) is 15.7. The minimum atomic E-state index is -0.247. The molecular weight excluding hydrogens is 405 g/mol. The largest absolute Gasteiger partial charge is 0.356 e. The third-order valence-corrected chi connectivity index (χ3v) is 5.70. The Balaban J connectivity index is 1.28. The number of rotatable bonds is 5. The van der Waals surface area contributed by atoms with Crippen molar-refractivity contribution in [3.63, 3.8) is 0 Å². The Morgan fingerprint density at radius 1 is 1.13 bits per heavy atom. The van der Waals surface area contributed by atoms with Crippen LogP contribution in [0.5, 0.6) is 0 Å². The summed E-state index contributed by atoms with van der Waals surface area (Å²) >= 11 is 6.17. The molecule has 1 fully saturated rings. The topological polar surface area (TPSA) is 61.1 Å². The van der Waals surface area contributed by atoms with Crippen molar-refractivity contribution in [1.29, 1.82) is 0 Å². The molecule has 0 amide bonds. The summed E-state index contributed by atoms with van der Waals surface area (Å²) in [6, 6.07) is 10.7. The van der Waals surface area contributed by atoms with Gasteiger partial charge in [-0.1, -0.05) is 23.7 Å². The smallest absolute Gasteiger partial charge is 0.193 e. The predicted molar refractivity (Wildman–Crippen MR) is 116 cm³/mol. The monoisotopic (exact) mass is 429 g/mol. The molecule has 0 aliphatic carbocycles. The lowest BCUT2D eigenvalue weighted by Gasteiger charge is -2.36. The molecule has 0 saturated carbocycles. The third-order valence-electron chi connectivity index (χ3n) is 5.34. The second-order valence-electron chi connectivity index (χ2n) is 7.23. The minimum Gasteiger partial charge on any atom is -0.356 e. The molecule has 1 aliphatic heterocycles. The number of guanidine groups is 1. The van der Waals surface area contributed by atoms with Gasteiger partial charge in [-0.3, -0.25) is 14.3 Å². The van der Waals surface area contributed by atoms with Gasteiger partial charge in [0.1, 0.15) is 11.6 Å². The molecule has 0 radical (unpaired) electrons. The number of piperazine rings is 1. The molecule has 1 aliphatic rings. The molecule has 3 aromatic rings. The fourth-order valence-electron chi connectivity index (χ4n) is 3.70. The van der Waals surface area contributed by atoms with Gasteiger partial charge < -0.3 is 10.2 Å². The quantitative estimate of drug-likeness (QED) is 0.498. The number of pyridine rings is 1. The molecule has 7 nitrogen and oxygen atoms in total. The first kappa shape index (κ1) is 20.6. The lowest BCUT2D eigenvalue weighted by molar-refractivity contribution is 0.171. The summed E-state index contributed by atoms with van der Waals surface area (Å²) in [6.07, 6.45) is 2.72. The van der Waals surface area contributed by atoms with Crippen LogP contribution in [0.4, 0.5) is 4.39 Å². The molecule has 0 bridgehead atoms. The number of nitrogens with zero attached hydrogens (tertiary/aromatic N) is 6. The average Bonchev–Trinajstić information content (AvgIpc) is 3.18. The van der Waals surface area contributed by atoms with Gasteiger partial charge in [0.2, 0.25) is 0 Å². The van der Waals surface area contributed by atoms with Crippen LogP contribution < -0.4 is 5.32 Å². The first-order chi connectivity index (χ1) is 14.7. The minimum absolute atomic E-state index is 0.247. The molecule has 0 spiro atoms. The van der Waals surface area contributed by atoms with Crippen molar-refractivity contribution in [1.82, 2.24) is 29.7 Å². The Kier molecular flexibility index (Phi) is 6.44. The number of hydrogen-bond donors (Lipinski definition) is 1. The zero-order valence-corrected chi connectivity index (χ0v) is 17.7. The van der Waals surface area contributed by atoms with Crippen LogP contribution in [0.1, 0.15) is 11.4 Å². The molecule has 2 aromatic heterocycles. The van der Waals surface area contributed by atoms with E-state index in [4.69, 9.17) is 11.6 Å². The van der Waals surface area contributed by atoms with Crippen molar-refractivity contribution in [2.45, 2.75) is 13.0 Å². The van der Waals surface area contributed by atoms with Crippen LogP contribution in [-0.2, 0) is 13.0 Å². The van der Waals surface area contributed by atoms with Crippen molar-refractivity contribution < 1.29 is 4.39 Å². The van der Waals surface area contributed by atoms with Crippen molar-refractivity contribution in [3.05, 3.63) is 64.8 Å². The van der Waals surface area contributed by atoms with E-state index in [0.29, 0.717) is 23.7 Å². The lowest BCUT2D eigenvalue weighted by Crippen LogP contribution is -2.52. The van der Waals surface area contributed by atoms with Gasteiger partial charge in [-0.15, -0.1) is 10.2 Å². The van der Waals surface area contributed by atoms with Gasteiger partial charge in [-0.25, -0.2) is 4.39 Å². The second kappa shape index (κ2) is 9.40. The van der Waals surface area contributed by atoms with E-state index in [-0.39, 0.29) is 5.82 Å². The molecular formula is C21H25ClFN7. The molecule has 1 saturated heterocycles. The highest BCUT2D eigenvalue weighted by Gasteiger charge is 2.21. The van der Waals surface area contributed by atoms with Gasteiger partial charge in [0.05, 0.1) is 0 Å². The van der Waals surface area contributed by atoms with Gasteiger partial charge in [-0.2, -0.15) is 0 Å². The number of fused-ring (bicyclic) bond motifs is 1. The summed E-state index contributed by atoms with van der Waals surface area (Å²) in [6.45, 7) is 4.51. The van der Waals surface area contributed by atoms with E-state index in [0.717, 1.165) is 50.0 Å². The highest BCUT2D eigenvalue weighted by atomic mass is 35.5. The SMILES string of the molecule is CN=C(NCCc1nnc2ccccn12)N1CCN(Cc2c(F)cccc2Cl)CC1. The summed E-state index contributed by atoms with van der Waals surface area (Å²) in [7, 11) is 1.79. The Morgan fingerprint density at radius 3 is 2.73 bits per heavy atom. The van der Waals surface area contributed by atoms with Crippen LogP contribution in [0.25, 0.3) is 5.65 Å². The fraction of sp³-hybridized carbons (Fsp3) is 0.381. The predicted octanol–water partition coefficient (Wildman–Crippen LogP) is 2.46. The number of aliphatic imine (C=N–C) groups is 1. The number of nitrogens with one attached hydrogen (secondary N) is 1. The summed E-state index contributed by atoms with van der Waals surface area (Å²) in [5.41, 5.74) is 1.42. The Hall–Kier alpha value is -2.71. The summed E-state index contributed by atoms with van der Waals surface area (Å²) < 4.78 is 16.1. The summed E-state index contributed by atoms with van der Waals surface area (Å²) in [5.74, 6) is 1.54. The summed E-state index contributed by atoms with van der Waals surface area (Å²) in [4.78, 5) is 8.86. The van der Waals surface area contributed by atoms with E-state index in [2.05, 4.69) is 30.3 Å². The third kappa shape index (κ3) is 4.55. The molecule has 158 valence electrons. The molecule has 4 rings (SSSR count). The molecule has 3 heterocycles. The number of benzene rings is 1.